The van der Waals surface area contributed by atoms with E-state index in [0.29, 0.717) is 18.0 Å². The van der Waals surface area contributed by atoms with Crippen molar-refractivity contribution in [1.29, 1.82) is 0 Å². The maximum atomic E-state index is 12.3. The van der Waals surface area contributed by atoms with Crippen LogP contribution in [0.15, 0.2) is 6.20 Å². The lowest BCUT2D eigenvalue weighted by Crippen LogP contribution is -2.45. The van der Waals surface area contributed by atoms with Gasteiger partial charge in [-0.2, -0.15) is 5.10 Å². The maximum Gasteiger partial charge on any atom is 0.204 e. The maximum absolute atomic E-state index is 12.3. The van der Waals surface area contributed by atoms with Crippen molar-refractivity contribution in [1.82, 2.24) is 15.1 Å². The molecule has 1 aromatic rings. The number of ketones is 1. The molecule has 0 aliphatic carbocycles. The van der Waals surface area contributed by atoms with Crippen LogP contribution in [0, 0.1) is 0 Å². The van der Waals surface area contributed by atoms with Crippen LogP contribution in [-0.2, 0) is 6.54 Å². The van der Waals surface area contributed by atoms with E-state index in [1.165, 1.54) is 0 Å². The monoisotopic (exact) mass is 225 g/mol. The summed E-state index contributed by atoms with van der Waals surface area (Å²) in [6.07, 6.45) is 1.57. The number of aromatic nitrogens is 2. The van der Waals surface area contributed by atoms with Crippen molar-refractivity contribution in [3.05, 3.63) is 11.9 Å². The summed E-state index contributed by atoms with van der Waals surface area (Å²) < 4.78 is 6.81. The fraction of sp³-hybridized carbons (Fsp3) is 0.636. The molecule has 1 aromatic heterocycles. The Labute approximate surface area is 95.8 Å². The minimum atomic E-state index is -0.625. The second-order valence-corrected chi connectivity index (χ2v) is 4.08. The number of hydrogen-bond acceptors (Lipinski definition) is 4. The number of hydrogen-bond donors (Lipinski definition) is 1. The van der Waals surface area contributed by atoms with Gasteiger partial charge in [-0.1, -0.05) is 0 Å². The van der Waals surface area contributed by atoms with Crippen molar-refractivity contribution < 1.29 is 9.53 Å². The molecule has 0 amide bonds. The first-order valence-corrected chi connectivity index (χ1v) is 5.31. The van der Waals surface area contributed by atoms with Crippen LogP contribution in [0.25, 0.3) is 0 Å². The number of carbonyl (C=O) groups excluding carboxylic acids is 1. The third kappa shape index (κ3) is 2.09. The Hall–Kier alpha value is -1.36. The molecule has 5 heteroatoms. The van der Waals surface area contributed by atoms with E-state index in [0.717, 1.165) is 0 Å². The minimum Gasteiger partial charge on any atom is -0.493 e. The second-order valence-electron chi connectivity index (χ2n) is 4.08. The third-order valence-corrected chi connectivity index (χ3v) is 2.73. The predicted molar refractivity (Wildman–Crippen MR) is 61.9 cm³/mol. The Balaban J connectivity index is 3.20. The van der Waals surface area contributed by atoms with Gasteiger partial charge in [-0.3, -0.25) is 9.48 Å². The van der Waals surface area contributed by atoms with Gasteiger partial charge in [0.2, 0.25) is 5.78 Å². The van der Waals surface area contributed by atoms with Gasteiger partial charge in [-0.25, -0.2) is 0 Å². The topological polar surface area (TPSA) is 56.2 Å². The average molecular weight is 225 g/mol. The number of methoxy groups -OCH3 is 1. The highest BCUT2D eigenvalue weighted by molar-refractivity contribution is 6.03. The molecule has 1 N–H and O–H groups in total. The Kier molecular flexibility index (Phi) is 3.70. The molecule has 0 aliphatic rings. The van der Waals surface area contributed by atoms with Gasteiger partial charge in [0.25, 0.3) is 0 Å². The first-order valence-electron chi connectivity index (χ1n) is 5.31. The Morgan fingerprint density at radius 3 is 2.69 bits per heavy atom. The van der Waals surface area contributed by atoms with Gasteiger partial charge in [0, 0.05) is 6.54 Å². The summed E-state index contributed by atoms with van der Waals surface area (Å²) in [6.45, 7) is 6.25. The molecular formula is C11H19N3O2. The number of nitrogens with zero attached hydrogens (tertiary/aromatic N) is 2. The van der Waals surface area contributed by atoms with Gasteiger partial charge in [-0.05, 0) is 27.8 Å². The van der Waals surface area contributed by atoms with E-state index in [2.05, 4.69) is 10.4 Å². The lowest BCUT2D eigenvalue weighted by molar-refractivity contribution is 0.0875. The van der Waals surface area contributed by atoms with Crippen molar-refractivity contribution in [2.45, 2.75) is 32.9 Å². The SMILES string of the molecule is CCn1ncc(OC)c1C(=O)C(C)(C)NC. The zero-order valence-corrected chi connectivity index (χ0v) is 10.5. The molecule has 1 rings (SSSR count). The lowest BCUT2D eigenvalue weighted by atomic mass is 9.96. The quantitative estimate of drug-likeness (QED) is 0.762. The van der Waals surface area contributed by atoms with Gasteiger partial charge in [-0.15, -0.1) is 0 Å². The Morgan fingerprint density at radius 1 is 1.62 bits per heavy atom. The van der Waals surface area contributed by atoms with Crippen molar-refractivity contribution in [2.75, 3.05) is 14.2 Å². The molecule has 0 radical (unpaired) electrons. The van der Waals surface area contributed by atoms with E-state index in [1.54, 1.807) is 25.0 Å². The summed E-state index contributed by atoms with van der Waals surface area (Å²) in [5.41, 5.74) is -0.107. The molecule has 0 saturated carbocycles. The molecule has 5 nitrogen and oxygen atoms in total. The van der Waals surface area contributed by atoms with Crippen LogP contribution >= 0.6 is 0 Å². The molecule has 16 heavy (non-hydrogen) atoms. The molecule has 0 atom stereocenters. The van der Waals surface area contributed by atoms with Gasteiger partial charge in [0.05, 0.1) is 18.8 Å². The largest absolute Gasteiger partial charge is 0.493 e. The summed E-state index contributed by atoms with van der Waals surface area (Å²) in [7, 11) is 3.30. The zero-order chi connectivity index (χ0) is 12.3. The number of carbonyl (C=O) groups is 1. The molecule has 0 bridgehead atoms. The van der Waals surface area contributed by atoms with E-state index < -0.39 is 5.54 Å². The number of rotatable bonds is 5. The number of ether oxygens (including phenoxy) is 1. The van der Waals surface area contributed by atoms with Crippen molar-refractivity contribution in [3.8, 4) is 5.75 Å². The van der Waals surface area contributed by atoms with Crippen LogP contribution in [0.3, 0.4) is 0 Å². The summed E-state index contributed by atoms with van der Waals surface area (Å²) in [5, 5.41) is 7.10. The van der Waals surface area contributed by atoms with Crippen LogP contribution in [0.1, 0.15) is 31.3 Å². The number of likely N-dealkylation sites (N-methyl/N-ethyl adjacent to an activating group) is 1. The fourth-order valence-corrected chi connectivity index (χ4v) is 1.40. The minimum absolute atomic E-state index is 0.0220. The molecular weight excluding hydrogens is 206 g/mol. The molecule has 90 valence electrons. The highest BCUT2D eigenvalue weighted by Gasteiger charge is 2.31. The lowest BCUT2D eigenvalue weighted by Gasteiger charge is -2.22. The normalized spacial score (nSPS) is 11.6. The standard InChI is InChI=1S/C11H19N3O2/c1-6-14-9(8(16-5)7-13-14)10(15)11(2,3)12-4/h7,12H,6H2,1-5H3. The molecule has 1 heterocycles. The summed E-state index contributed by atoms with van der Waals surface area (Å²) >= 11 is 0. The van der Waals surface area contributed by atoms with Crippen molar-refractivity contribution in [3.63, 3.8) is 0 Å². The van der Waals surface area contributed by atoms with Crippen LogP contribution in [0.2, 0.25) is 0 Å². The zero-order valence-electron chi connectivity index (χ0n) is 10.5. The van der Waals surface area contributed by atoms with Crippen LogP contribution < -0.4 is 10.1 Å². The fourth-order valence-electron chi connectivity index (χ4n) is 1.40. The van der Waals surface area contributed by atoms with Crippen LogP contribution in [0.4, 0.5) is 0 Å². The third-order valence-electron chi connectivity index (χ3n) is 2.73. The van der Waals surface area contributed by atoms with Crippen molar-refractivity contribution >= 4 is 5.78 Å². The summed E-state index contributed by atoms with van der Waals surface area (Å²) in [4.78, 5) is 12.3. The highest BCUT2D eigenvalue weighted by atomic mass is 16.5. The van der Waals surface area contributed by atoms with Gasteiger partial charge < -0.3 is 10.1 Å². The van der Waals surface area contributed by atoms with E-state index in [-0.39, 0.29) is 5.78 Å². The molecule has 0 fully saturated rings. The number of aryl methyl sites for hydroxylation is 1. The second kappa shape index (κ2) is 4.65. The highest BCUT2D eigenvalue weighted by Crippen LogP contribution is 2.22. The average Bonchev–Trinajstić information content (AvgIpc) is 2.70. The molecule has 0 aliphatic heterocycles. The van der Waals surface area contributed by atoms with E-state index in [9.17, 15) is 4.79 Å². The number of nitrogens with one attached hydrogen (secondary N) is 1. The van der Waals surface area contributed by atoms with E-state index in [1.807, 2.05) is 20.8 Å². The van der Waals surface area contributed by atoms with Crippen LogP contribution in [0.5, 0.6) is 5.75 Å². The molecule has 0 unspecified atom stereocenters. The van der Waals surface area contributed by atoms with E-state index in [4.69, 9.17) is 4.74 Å². The Morgan fingerprint density at radius 2 is 2.25 bits per heavy atom. The summed E-state index contributed by atoms with van der Waals surface area (Å²) in [5.74, 6) is 0.501. The molecule has 0 spiro atoms. The van der Waals surface area contributed by atoms with Gasteiger partial charge in [0.1, 0.15) is 5.69 Å². The van der Waals surface area contributed by atoms with Crippen LogP contribution in [-0.4, -0.2) is 35.3 Å². The van der Waals surface area contributed by atoms with Gasteiger partial charge >= 0.3 is 0 Å². The van der Waals surface area contributed by atoms with Crippen molar-refractivity contribution in [2.24, 2.45) is 0 Å². The molecule has 0 saturated heterocycles. The predicted octanol–water partition coefficient (Wildman–Crippen LogP) is 1.09. The smallest absolute Gasteiger partial charge is 0.204 e. The number of Topliss-reactive ketones (excluding diaryl/α,β-unsaturated/α-hetero) is 1. The first-order chi connectivity index (χ1) is 7.47. The van der Waals surface area contributed by atoms with Gasteiger partial charge in [0.15, 0.2) is 5.75 Å². The first kappa shape index (κ1) is 12.7. The Bertz CT molecular complexity index is 361. The molecule has 0 aromatic carbocycles. The van der Waals surface area contributed by atoms with E-state index >= 15 is 0 Å². The summed E-state index contributed by atoms with van der Waals surface area (Å²) in [6, 6.07) is 0.